The second-order valence-corrected chi connectivity index (χ2v) is 8.72. The quantitative estimate of drug-likeness (QED) is 0.538. The van der Waals surface area contributed by atoms with Crippen LogP contribution in [0.25, 0.3) is 5.57 Å². The number of hydrogen-bond donors (Lipinski definition) is 0. The van der Waals surface area contributed by atoms with Crippen LogP contribution in [0.5, 0.6) is 0 Å². The van der Waals surface area contributed by atoms with Crippen LogP contribution >= 0.6 is 0 Å². The Hall–Kier alpha value is -3.40. The summed E-state index contributed by atoms with van der Waals surface area (Å²) in [5.41, 5.74) is 0.892. The average molecular weight is 501 g/mol. The molecule has 1 unspecified atom stereocenters. The molecular weight excluding hydrogens is 469 g/mol. The van der Waals surface area contributed by atoms with Gasteiger partial charge in [0, 0.05) is 51.0 Å². The third-order valence-corrected chi connectivity index (χ3v) is 6.29. The highest BCUT2D eigenvalue weighted by Gasteiger charge is 2.37. The molecule has 7 nitrogen and oxygen atoms in total. The van der Waals surface area contributed by atoms with Crippen LogP contribution in [0.4, 0.5) is 30.8 Å². The van der Waals surface area contributed by atoms with E-state index in [-0.39, 0.29) is 11.9 Å². The number of aromatic nitrogens is 3. The maximum absolute atomic E-state index is 13.6. The molecule has 0 N–H and O–H groups in total. The number of ether oxygens (including phenoxy) is 1. The topological polar surface area (TPSA) is 57.6 Å². The van der Waals surface area contributed by atoms with Crippen molar-refractivity contribution in [3.63, 3.8) is 0 Å². The lowest BCUT2D eigenvalue weighted by Gasteiger charge is -2.42. The average Bonchev–Trinajstić information content (AvgIpc) is 2.89. The Balaban J connectivity index is 1.65. The fourth-order valence-corrected chi connectivity index (χ4v) is 4.44. The Morgan fingerprint density at radius 2 is 1.92 bits per heavy atom. The number of anilines is 3. The summed E-state index contributed by atoms with van der Waals surface area (Å²) >= 11 is 0. The summed E-state index contributed by atoms with van der Waals surface area (Å²) in [7, 11) is 0. The van der Waals surface area contributed by atoms with E-state index in [1.54, 1.807) is 11.0 Å². The highest BCUT2D eigenvalue weighted by Crippen LogP contribution is 2.36. The van der Waals surface area contributed by atoms with Gasteiger partial charge in [-0.15, -0.1) is 0 Å². The lowest BCUT2D eigenvalue weighted by Crippen LogP contribution is -2.53. The summed E-state index contributed by atoms with van der Waals surface area (Å²) in [5, 5.41) is 0. The molecule has 192 valence electrons. The van der Waals surface area contributed by atoms with Gasteiger partial charge in [-0.2, -0.15) is 18.2 Å². The van der Waals surface area contributed by atoms with Crippen molar-refractivity contribution < 1.29 is 17.9 Å². The van der Waals surface area contributed by atoms with Crippen LogP contribution in [0.3, 0.4) is 0 Å². The van der Waals surface area contributed by atoms with E-state index in [1.807, 2.05) is 38.1 Å². The number of allylic oxidation sites excluding steroid dienone is 5. The maximum Gasteiger partial charge on any atom is 0.419 e. The fourth-order valence-electron chi connectivity index (χ4n) is 4.44. The first kappa shape index (κ1) is 25.7. The van der Waals surface area contributed by atoms with Gasteiger partial charge in [0.25, 0.3) is 0 Å². The van der Waals surface area contributed by atoms with Crippen LogP contribution in [0, 0.1) is 0 Å². The molecule has 1 atom stereocenters. The molecule has 4 rings (SSSR count). The van der Waals surface area contributed by atoms with Gasteiger partial charge in [0.2, 0.25) is 5.95 Å². The highest BCUT2D eigenvalue weighted by atomic mass is 19.4. The summed E-state index contributed by atoms with van der Waals surface area (Å²) < 4.78 is 46.2. The van der Waals surface area contributed by atoms with E-state index in [9.17, 15) is 13.2 Å². The summed E-state index contributed by atoms with van der Waals surface area (Å²) in [6.07, 6.45) is 4.52. The molecule has 0 saturated carbocycles. The Morgan fingerprint density at radius 3 is 2.58 bits per heavy atom. The van der Waals surface area contributed by atoms with Gasteiger partial charge in [-0.3, -0.25) is 0 Å². The van der Waals surface area contributed by atoms with Crippen LogP contribution in [-0.2, 0) is 10.9 Å². The molecule has 0 spiro atoms. The number of alkyl halides is 3. The van der Waals surface area contributed by atoms with Gasteiger partial charge in [0.15, 0.2) is 0 Å². The highest BCUT2D eigenvalue weighted by molar-refractivity contribution is 5.74. The zero-order chi connectivity index (χ0) is 25.7. The van der Waals surface area contributed by atoms with Gasteiger partial charge >= 0.3 is 6.18 Å². The number of rotatable bonds is 6. The zero-order valence-corrected chi connectivity index (χ0v) is 20.6. The van der Waals surface area contributed by atoms with E-state index in [0.717, 1.165) is 23.2 Å². The lowest BCUT2D eigenvalue weighted by atomic mass is 10.1. The van der Waals surface area contributed by atoms with Crippen LogP contribution in [0.2, 0.25) is 0 Å². The predicted molar refractivity (Wildman–Crippen MR) is 136 cm³/mol. The summed E-state index contributed by atoms with van der Waals surface area (Å²) in [6.45, 7) is 11.7. The third-order valence-electron chi connectivity index (χ3n) is 6.29. The standard InChI is InChI=1S/C26H31F3N6O/c1-4-6-8-20(5-2)22-17-23(32-25(31-22)33-13-15-36-16-14-33)35-12-11-34(18-19(35)3)24-21(26(27,28)29)9-7-10-30-24/h4-10,17,19H,2,11-16,18H2,1,3H3/b6-4-,20-8+. The largest absolute Gasteiger partial charge is 0.419 e. The van der Waals surface area contributed by atoms with Gasteiger partial charge < -0.3 is 19.4 Å². The van der Waals surface area contributed by atoms with E-state index in [0.29, 0.717) is 51.9 Å². The van der Waals surface area contributed by atoms with Crippen LogP contribution < -0.4 is 14.7 Å². The minimum atomic E-state index is -4.46. The molecule has 2 aromatic heterocycles. The van der Waals surface area contributed by atoms with E-state index in [4.69, 9.17) is 14.7 Å². The first-order chi connectivity index (χ1) is 17.3. The Labute approximate surface area is 209 Å². The summed E-state index contributed by atoms with van der Waals surface area (Å²) in [4.78, 5) is 19.7. The fraction of sp³-hybridized carbons (Fsp3) is 0.423. The molecule has 0 aliphatic carbocycles. The van der Waals surface area contributed by atoms with E-state index >= 15 is 0 Å². The van der Waals surface area contributed by atoms with Gasteiger partial charge in [0.05, 0.1) is 24.5 Å². The summed E-state index contributed by atoms with van der Waals surface area (Å²) in [6, 6.07) is 4.22. The number of pyridine rings is 1. The molecule has 0 aromatic carbocycles. The van der Waals surface area contributed by atoms with Gasteiger partial charge in [0.1, 0.15) is 11.6 Å². The number of hydrogen-bond acceptors (Lipinski definition) is 7. The Morgan fingerprint density at radius 1 is 1.14 bits per heavy atom. The van der Waals surface area contributed by atoms with Crippen molar-refractivity contribution in [1.82, 2.24) is 15.0 Å². The molecule has 2 aliphatic rings. The minimum Gasteiger partial charge on any atom is -0.378 e. The van der Waals surface area contributed by atoms with Crippen molar-refractivity contribution in [2.45, 2.75) is 26.1 Å². The van der Waals surface area contributed by atoms with Gasteiger partial charge in [-0.25, -0.2) is 9.97 Å². The van der Waals surface area contributed by atoms with Crippen LogP contribution in [0.1, 0.15) is 25.1 Å². The monoisotopic (exact) mass is 500 g/mol. The number of halogens is 3. The van der Waals surface area contributed by atoms with E-state index in [1.165, 1.54) is 12.3 Å². The number of morpholine rings is 1. The van der Waals surface area contributed by atoms with Crippen molar-refractivity contribution in [3.8, 4) is 0 Å². The SMILES string of the molecule is C=C/C(=C\C=C/C)c1cc(N2CCN(c3ncccc3C(F)(F)F)CC2C)nc(N2CCOCC2)n1. The third kappa shape index (κ3) is 5.70. The molecule has 36 heavy (non-hydrogen) atoms. The van der Waals surface area contributed by atoms with Gasteiger partial charge in [-0.05, 0) is 31.6 Å². The molecule has 0 radical (unpaired) electrons. The van der Waals surface area contributed by atoms with E-state index in [2.05, 4.69) is 21.4 Å². The molecule has 2 saturated heterocycles. The molecule has 10 heteroatoms. The molecule has 0 amide bonds. The number of nitrogens with zero attached hydrogens (tertiary/aromatic N) is 6. The molecule has 2 aromatic rings. The van der Waals surface area contributed by atoms with Crippen molar-refractivity contribution >= 4 is 23.2 Å². The normalized spacial score (nSPS) is 19.8. The molecular formula is C26H31F3N6O. The zero-order valence-electron chi connectivity index (χ0n) is 20.6. The van der Waals surface area contributed by atoms with Gasteiger partial charge in [-0.1, -0.05) is 30.9 Å². The lowest BCUT2D eigenvalue weighted by molar-refractivity contribution is -0.137. The second kappa shape index (κ2) is 11.1. The first-order valence-corrected chi connectivity index (χ1v) is 12.0. The van der Waals surface area contributed by atoms with Crippen molar-refractivity contribution in [2.75, 3.05) is 60.6 Å². The van der Waals surface area contributed by atoms with Crippen molar-refractivity contribution in [3.05, 3.63) is 66.5 Å². The van der Waals surface area contributed by atoms with Crippen molar-refractivity contribution in [2.24, 2.45) is 0 Å². The van der Waals surface area contributed by atoms with E-state index < -0.39 is 11.7 Å². The number of piperazine rings is 1. The van der Waals surface area contributed by atoms with Crippen LogP contribution in [-0.4, -0.2) is 66.9 Å². The van der Waals surface area contributed by atoms with Crippen LogP contribution in [0.15, 0.2) is 55.3 Å². The Bertz CT molecular complexity index is 1130. The molecule has 2 aliphatic heterocycles. The molecule has 4 heterocycles. The minimum absolute atomic E-state index is 0.0305. The smallest absolute Gasteiger partial charge is 0.378 e. The Kier molecular flexibility index (Phi) is 7.93. The maximum atomic E-state index is 13.6. The molecule has 2 fully saturated rings. The second-order valence-electron chi connectivity index (χ2n) is 8.72. The first-order valence-electron chi connectivity index (χ1n) is 12.0. The summed E-state index contributed by atoms with van der Waals surface area (Å²) in [5.74, 6) is 1.31. The van der Waals surface area contributed by atoms with Crippen molar-refractivity contribution in [1.29, 1.82) is 0 Å². The molecule has 0 bridgehead atoms. The predicted octanol–water partition coefficient (Wildman–Crippen LogP) is 4.59.